The number of hydrogen-bond donors (Lipinski definition) is 1. The molecule has 4 rings (SSSR count). The monoisotopic (exact) mass is 338 g/mol. The Morgan fingerprint density at radius 3 is 1.92 bits per heavy atom. The number of hydrogen-bond acceptors (Lipinski definition) is 3. The first-order valence-electron chi connectivity index (χ1n) is 9.78. The number of benzene rings is 1. The molecule has 0 aromatic heterocycles. The van der Waals surface area contributed by atoms with Crippen LogP contribution in [0.25, 0.3) is 0 Å². The maximum absolute atomic E-state index is 12.9. The summed E-state index contributed by atoms with van der Waals surface area (Å²) in [5.74, 6) is 0.811. The highest BCUT2D eigenvalue weighted by Crippen LogP contribution is 2.43. The van der Waals surface area contributed by atoms with Crippen molar-refractivity contribution in [2.24, 2.45) is 17.8 Å². The molecule has 132 valence electrons. The third-order valence-corrected chi connectivity index (χ3v) is 6.63. The van der Waals surface area contributed by atoms with Gasteiger partial charge in [-0.1, -0.05) is 56.4 Å². The molecular formula is C22H26O3. The van der Waals surface area contributed by atoms with Gasteiger partial charge in [-0.2, -0.15) is 0 Å². The molecule has 3 nitrogen and oxygen atoms in total. The van der Waals surface area contributed by atoms with Crippen molar-refractivity contribution in [2.45, 2.75) is 57.8 Å². The first-order valence-corrected chi connectivity index (χ1v) is 9.78. The van der Waals surface area contributed by atoms with Crippen LogP contribution in [0.1, 0.15) is 78.5 Å². The summed E-state index contributed by atoms with van der Waals surface area (Å²) in [6.45, 7) is 0. The molecule has 0 amide bonds. The molecule has 0 heterocycles. The van der Waals surface area contributed by atoms with Gasteiger partial charge in [-0.25, -0.2) is 0 Å². The molecule has 3 aliphatic carbocycles. The maximum atomic E-state index is 12.9. The van der Waals surface area contributed by atoms with E-state index in [9.17, 15) is 14.7 Å². The van der Waals surface area contributed by atoms with Crippen LogP contribution in [-0.4, -0.2) is 16.7 Å². The first-order chi connectivity index (χ1) is 12.2. The molecule has 1 aromatic rings. The van der Waals surface area contributed by atoms with Crippen molar-refractivity contribution in [1.82, 2.24) is 0 Å². The predicted molar refractivity (Wildman–Crippen MR) is 96.8 cm³/mol. The van der Waals surface area contributed by atoms with Crippen molar-refractivity contribution >= 4 is 11.6 Å². The molecule has 3 aliphatic rings. The summed E-state index contributed by atoms with van der Waals surface area (Å²) in [6, 6.07) is 6.85. The smallest absolute Gasteiger partial charge is 0.228 e. The number of carbonyl (C=O) groups is 2. The number of Topliss-reactive ketones (excluding diaryl/α,β-unsaturated/α-hetero) is 2. The average molecular weight is 338 g/mol. The average Bonchev–Trinajstić information content (AvgIpc) is 2.68. The molecular weight excluding hydrogens is 312 g/mol. The van der Waals surface area contributed by atoms with E-state index >= 15 is 0 Å². The minimum atomic E-state index is -0.389. The van der Waals surface area contributed by atoms with Crippen LogP contribution in [0.15, 0.2) is 35.6 Å². The Morgan fingerprint density at radius 1 is 0.720 bits per heavy atom. The number of ketones is 2. The van der Waals surface area contributed by atoms with Gasteiger partial charge in [0, 0.05) is 16.7 Å². The predicted octanol–water partition coefficient (Wildman–Crippen LogP) is 5.26. The lowest BCUT2D eigenvalue weighted by atomic mass is 9.68. The summed E-state index contributed by atoms with van der Waals surface area (Å²) in [5.41, 5.74) is 1.17. The Labute approximate surface area is 149 Å². The van der Waals surface area contributed by atoms with E-state index in [-0.39, 0.29) is 23.2 Å². The minimum absolute atomic E-state index is 0.0321. The van der Waals surface area contributed by atoms with Crippen LogP contribution < -0.4 is 0 Å². The SMILES string of the molecule is O=C1C(O)=C(C2CCC(C3CCCCC3)CC2)C(=O)c2ccccc21. The van der Waals surface area contributed by atoms with Crippen LogP contribution in [0, 0.1) is 17.8 Å². The number of aliphatic hydroxyl groups excluding tert-OH is 1. The van der Waals surface area contributed by atoms with Crippen LogP contribution in [0.3, 0.4) is 0 Å². The number of aliphatic hydroxyl groups is 1. The molecule has 0 bridgehead atoms. The third kappa shape index (κ3) is 2.94. The van der Waals surface area contributed by atoms with Gasteiger partial charge in [-0.15, -0.1) is 0 Å². The molecule has 0 aliphatic heterocycles. The molecule has 0 atom stereocenters. The van der Waals surface area contributed by atoms with Gasteiger partial charge >= 0.3 is 0 Å². The summed E-state index contributed by atoms with van der Waals surface area (Å²) in [6.07, 6.45) is 10.9. The van der Waals surface area contributed by atoms with E-state index in [4.69, 9.17) is 0 Å². The van der Waals surface area contributed by atoms with Crippen LogP contribution in [0.4, 0.5) is 0 Å². The van der Waals surface area contributed by atoms with Crippen molar-refractivity contribution in [3.63, 3.8) is 0 Å². The maximum Gasteiger partial charge on any atom is 0.228 e. The van der Waals surface area contributed by atoms with Gasteiger partial charge in [0.25, 0.3) is 0 Å². The van der Waals surface area contributed by atoms with E-state index in [1.165, 1.54) is 32.1 Å². The van der Waals surface area contributed by atoms with Crippen LogP contribution >= 0.6 is 0 Å². The van der Waals surface area contributed by atoms with Crippen molar-refractivity contribution in [1.29, 1.82) is 0 Å². The zero-order chi connectivity index (χ0) is 17.4. The lowest BCUT2D eigenvalue weighted by molar-refractivity contribution is 0.0907. The van der Waals surface area contributed by atoms with Gasteiger partial charge in [0.2, 0.25) is 5.78 Å². The highest BCUT2D eigenvalue weighted by atomic mass is 16.3. The summed E-state index contributed by atoms with van der Waals surface area (Å²) in [7, 11) is 0. The molecule has 0 radical (unpaired) electrons. The highest BCUT2D eigenvalue weighted by molar-refractivity contribution is 6.26. The fourth-order valence-electron chi connectivity index (χ4n) is 5.25. The zero-order valence-electron chi connectivity index (χ0n) is 14.7. The zero-order valence-corrected chi connectivity index (χ0v) is 14.7. The molecule has 0 saturated heterocycles. The van der Waals surface area contributed by atoms with Gasteiger partial charge < -0.3 is 5.11 Å². The lowest BCUT2D eigenvalue weighted by Crippen LogP contribution is -2.30. The summed E-state index contributed by atoms with van der Waals surface area (Å²) < 4.78 is 0. The topological polar surface area (TPSA) is 54.4 Å². The second-order valence-electron chi connectivity index (χ2n) is 7.98. The molecule has 0 unspecified atom stereocenters. The summed E-state index contributed by atoms with van der Waals surface area (Å²) in [4.78, 5) is 25.4. The second-order valence-corrected chi connectivity index (χ2v) is 7.98. The van der Waals surface area contributed by atoms with Gasteiger partial charge in [0.05, 0.1) is 0 Å². The van der Waals surface area contributed by atoms with Crippen LogP contribution in [-0.2, 0) is 0 Å². The first kappa shape index (κ1) is 16.6. The van der Waals surface area contributed by atoms with E-state index in [1.807, 2.05) is 0 Å². The van der Waals surface area contributed by atoms with E-state index in [1.54, 1.807) is 24.3 Å². The number of rotatable bonds is 2. The number of allylic oxidation sites excluding steroid dienone is 2. The highest BCUT2D eigenvalue weighted by Gasteiger charge is 2.38. The van der Waals surface area contributed by atoms with E-state index < -0.39 is 0 Å². The molecule has 2 saturated carbocycles. The van der Waals surface area contributed by atoms with Crippen molar-refractivity contribution < 1.29 is 14.7 Å². The molecule has 1 N–H and O–H groups in total. The number of fused-ring (bicyclic) bond motifs is 1. The van der Waals surface area contributed by atoms with E-state index in [2.05, 4.69) is 0 Å². The minimum Gasteiger partial charge on any atom is -0.504 e. The van der Waals surface area contributed by atoms with Crippen LogP contribution in [0.5, 0.6) is 0 Å². The molecule has 2 fully saturated rings. The molecule has 3 heteroatoms. The van der Waals surface area contributed by atoms with E-state index in [0.717, 1.165) is 37.5 Å². The Kier molecular flexibility index (Phi) is 4.49. The fraction of sp³-hybridized carbons (Fsp3) is 0.545. The molecule has 1 aromatic carbocycles. The molecule has 0 spiro atoms. The summed E-state index contributed by atoms with van der Waals surface area (Å²) >= 11 is 0. The van der Waals surface area contributed by atoms with Gasteiger partial charge in [0.1, 0.15) is 0 Å². The second kappa shape index (κ2) is 6.78. The van der Waals surface area contributed by atoms with Crippen molar-refractivity contribution in [2.75, 3.05) is 0 Å². The number of carbonyl (C=O) groups excluding carboxylic acids is 2. The van der Waals surface area contributed by atoms with E-state index in [0.29, 0.717) is 16.7 Å². The Bertz CT molecular complexity index is 717. The largest absolute Gasteiger partial charge is 0.504 e. The Balaban J connectivity index is 1.52. The summed E-state index contributed by atoms with van der Waals surface area (Å²) in [5, 5.41) is 10.4. The normalized spacial score (nSPS) is 28.2. The van der Waals surface area contributed by atoms with Gasteiger partial charge in [0.15, 0.2) is 11.5 Å². The van der Waals surface area contributed by atoms with Gasteiger partial charge in [-0.05, 0) is 43.4 Å². The standard InChI is InChI=1S/C22H26O3/c23-20-17-8-4-5-9-18(17)21(24)22(25)19(20)16-12-10-15(11-13-16)14-6-2-1-3-7-14/h4-5,8-9,14-16,25H,1-3,6-7,10-13H2. The lowest BCUT2D eigenvalue weighted by Gasteiger charge is -2.37. The van der Waals surface area contributed by atoms with Gasteiger partial charge in [-0.3, -0.25) is 9.59 Å². The molecule has 25 heavy (non-hydrogen) atoms. The van der Waals surface area contributed by atoms with Crippen molar-refractivity contribution in [3.8, 4) is 0 Å². The Morgan fingerprint density at radius 2 is 1.28 bits per heavy atom. The quantitative estimate of drug-likeness (QED) is 0.800. The van der Waals surface area contributed by atoms with Crippen molar-refractivity contribution in [3.05, 3.63) is 46.7 Å². The van der Waals surface area contributed by atoms with Crippen LogP contribution in [0.2, 0.25) is 0 Å². The fourth-order valence-corrected chi connectivity index (χ4v) is 5.25. The third-order valence-electron chi connectivity index (χ3n) is 6.63. The Hall–Kier alpha value is -1.90.